The molecular formula is C17H13N3OS. The summed E-state index contributed by atoms with van der Waals surface area (Å²) in [5.74, 6) is 1.60. The smallest absolute Gasteiger partial charge is 0.183 e. The van der Waals surface area contributed by atoms with Crippen molar-refractivity contribution >= 4 is 23.0 Å². The highest BCUT2D eigenvalue weighted by molar-refractivity contribution is 8.17. The summed E-state index contributed by atoms with van der Waals surface area (Å²) in [4.78, 5) is 5.33. The van der Waals surface area contributed by atoms with Crippen molar-refractivity contribution in [2.75, 3.05) is 6.54 Å². The Labute approximate surface area is 133 Å². The zero-order valence-electron chi connectivity index (χ0n) is 11.7. The van der Waals surface area contributed by atoms with E-state index in [1.807, 2.05) is 60.8 Å². The highest BCUT2D eigenvalue weighted by Crippen LogP contribution is 2.28. The molecule has 108 valence electrons. The van der Waals surface area contributed by atoms with Gasteiger partial charge in [0.2, 0.25) is 0 Å². The van der Waals surface area contributed by atoms with Crippen molar-refractivity contribution in [3.8, 4) is 17.7 Å². The minimum Gasteiger partial charge on any atom is -0.457 e. The minimum atomic E-state index is 0.596. The summed E-state index contributed by atoms with van der Waals surface area (Å²) in [6, 6.07) is 17.6. The molecule has 0 amide bonds. The maximum Gasteiger partial charge on any atom is 0.183 e. The number of benzene rings is 2. The lowest BCUT2D eigenvalue weighted by Crippen LogP contribution is -2.10. The Morgan fingerprint density at radius 3 is 2.77 bits per heavy atom. The van der Waals surface area contributed by atoms with Gasteiger partial charge in [-0.25, -0.2) is 0 Å². The van der Waals surface area contributed by atoms with E-state index in [1.54, 1.807) is 0 Å². The van der Waals surface area contributed by atoms with Gasteiger partial charge in [-0.05, 0) is 35.9 Å². The van der Waals surface area contributed by atoms with Crippen LogP contribution in [0, 0.1) is 11.5 Å². The van der Waals surface area contributed by atoms with Crippen LogP contribution in [0.1, 0.15) is 5.56 Å². The molecule has 2 aromatic rings. The van der Waals surface area contributed by atoms with E-state index in [1.165, 1.54) is 11.8 Å². The van der Waals surface area contributed by atoms with Crippen LogP contribution in [0.15, 0.2) is 64.5 Å². The molecule has 0 aliphatic carbocycles. The first-order valence-corrected chi connectivity index (χ1v) is 7.56. The fraction of sp³-hybridized carbons (Fsp3) is 0.0588. The predicted molar refractivity (Wildman–Crippen MR) is 89.6 cm³/mol. The third kappa shape index (κ3) is 3.68. The third-order valence-corrected chi connectivity index (χ3v) is 3.87. The SMILES string of the molecule is N#CNC1=NCC(=Cc2cccc(Oc3ccccc3)c2)S1. The number of para-hydroxylation sites is 1. The maximum atomic E-state index is 8.59. The second-order valence-electron chi connectivity index (χ2n) is 4.56. The summed E-state index contributed by atoms with van der Waals surface area (Å²) < 4.78 is 5.82. The molecule has 0 radical (unpaired) electrons. The summed E-state index contributed by atoms with van der Waals surface area (Å²) >= 11 is 1.48. The van der Waals surface area contributed by atoms with E-state index in [9.17, 15) is 0 Å². The van der Waals surface area contributed by atoms with Gasteiger partial charge in [-0.2, -0.15) is 5.26 Å². The molecule has 3 rings (SSSR count). The summed E-state index contributed by atoms with van der Waals surface area (Å²) in [5, 5.41) is 11.8. The highest BCUT2D eigenvalue weighted by atomic mass is 32.2. The highest BCUT2D eigenvalue weighted by Gasteiger charge is 2.12. The van der Waals surface area contributed by atoms with Gasteiger partial charge in [-0.3, -0.25) is 10.3 Å². The zero-order valence-corrected chi connectivity index (χ0v) is 12.5. The van der Waals surface area contributed by atoms with E-state index in [0.29, 0.717) is 11.7 Å². The Morgan fingerprint density at radius 1 is 1.14 bits per heavy atom. The predicted octanol–water partition coefficient (Wildman–Crippen LogP) is 3.99. The van der Waals surface area contributed by atoms with Gasteiger partial charge in [0.05, 0.1) is 6.54 Å². The van der Waals surface area contributed by atoms with Gasteiger partial charge in [0.1, 0.15) is 11.5 Å². The largest absolute Gasteiger partial charge is 0.457 e. The van der Waals surface area contributed by atoms with Crippen LogP contribution >= 0.6 is 11.8 Å². The van der Waals surface area contributed by atoms with Crippen molar-refractivity contribution in [1.82, 2.24) is 5.32 Å². The van der Waals surface area contributed by atoms with Gasteiger partial charge < -0.3 is 4.74 Å². The standard InChI is InChI=1S/C17H13N3OS/c18-12-20-17-19-11-16(22-17)10-13-5-4-8-15(9-13)21-14-6-2-1-3-7-14/h1-10H,11H2,(H,19,20). The topological polar surface area (TPSA) is 57.4 Å². The lowest BCUT2D eigenvalue weighted by Gasteiger charge is -2.06. The van der Waals surface area contributed by atoms with E-state index < -0.39 is 0 Å². The van der Waals surface area contributed by atoms with E-state index in [-0.39, 0.29) is 0 Å². The van der Waals surface area contributed by atoms with Crippen LogP contribution in [0.4, 0.5) is 0 Å². The van der Waals surface area contributed by atoms with E-state index in [4.69, 9.17) is 10.00 Å². The van der Waals surface area contributed by atoms with E-state index >= 15 is 0 Å². The summed E-state index contributed by atoms with van der Waals surface area (Å²) in [7, 11) is 0. The van der Waals surface area contributed by atoms with Gasteiger partial charge in [-0.1, -0.05) is 42.1 Å². The molecule has 0 spiro atoms. The second kappa shape index (κ2) is 6.83. The number of thioether (sulfide) groups is 1. The van der Waals surface area contributed by atoms with Crippen LogP contribution < -0.4 is 10.1 Å². The average Bonchev–Trinajstić information content (AvgIpc) is 2.96. The third-order valence-electron chi connectivity index (χ3n) is 2.93. The normalized spacial score (nSPS) is 15.2. The summed E-state index contributed by atoms with van der Waals surface area (Å²) in [6.07, 6.45) is 3.94. The first-order chi connectivity index (χ1) is 10.8. The quantitative estimate of drug-likeness (QED) is 0.688. The molecule has 4 nitrogen and oxygen atoms in total. The molecule has 0 aromatic heterocycles. The molecule has 0 fully saturated rings. The summed E-state index contributed by atoms with van der Waals surface area (Å²) in [6.45, 7) is 0.596. The monoisotopic (exact) mass is 307 g/mol. The first-order valence-electron chi connectivity index (χ1n) is 6.74. The van der Waals surface area contributed by atoms with Crippen LogP contribution in [0.5, 0.6) is 11.5 Å². The molecule has 1 aliphatic rings. The van der Waals surface area contributed by atoms with Gasteiger partial charge >= 0.3 is 0 Å². The first kappa shape index (κ1) is 14.2. The molecule has 1 aliphatic heterocycles. The lowest BCUT2D eigenvalue weighted by atomic mass is 10.2. The van der Waals surface area contributed by atoms with Crippen molar-refractivity contribution in [2.45, 2.75) is 0 Å². The molecule has 0 saturated heterocycles. The minimum absolute atomic E-state index is 0.596. The Morgan fingerprint density at radius 2 is 1.95 bits per heavy atom. The Balaban J connectivity index is 1.71. The lowest BCUT2D eigenvalue weighted by molar-refractivity contribution is 0.482. The molecule has 5 heteroatoms. The van der Waals surface area contributed by atoms with Crippen molar-refractivity contribution in [3.63, 3.8) is 0 Å². The molecule has 1 N–H and O–H groups in total. The Kier molecular flexibility index (Phi) is 4.42. The van der Waals surface area contributed by atoms with Crippen molar-refractivity contribution < 1.29 is 4.74 Å². The number of amidine groups is 1. The van der Waals surface area contributed by atoms with Crippen molar-refractivity contribution in [3.05, 3.63) is 65.1 Å². The summed E-state index contributed by atoms with van der Waals surface area (Å²) in [5.41, 5.74) is 1.05. The van der Waals surface area contributed by atoms with Crippen molar-refractivity contribution in [2.24, 2.45) is 4.99 Å². The van der Waals surface area contributed by atoms with Crippen LogP contribution in [-0.2, 0) is 0 Å². The van der Waals surface area contributed by atoms with Crippen LogP contribution in [0.2, 0.25) is 0 Å². The maximum absolute atomic E-state index is 8.59. The molecule has 2 aromatic carbocycles. The molecule has 0 unspecified atom stereocenters. The van der Waals surface area contributed by atoms with Crippen LogP contribution in [0.3, 0.4) is 0 Å². The molecule has 0 bridgehead atoms. The van der Waals surface area contributed by atoms with Gasteiger partial charge in [0.15, 0.2) is 11.4 Å². The Bertz CT molecular complexity index is 763. The zero-order chi connectivity index (χ0) is 15.2. The van der Waals surface area contributed by atoms with Gasteiger partial charge in [0, 0.05) is 4.91 Å². The number of aliphatic imine (C=N–C) groups is 1. The van der Waals surface area contributed by atoms with Gasteiger partial charge in [0.25, 0.3) is 0 Å². The average molecular weight is 307 g/mol. The number of hydrogen-bond donors (Lipinski definition) is 1. The van der Waals surface area contributed by atoms with Crippen LogP contribution in [-0.4, -0.2) is 11.7 Å². The fourth-order valence-electron chi connectivity index (χ4n) is 2.00. The van der Waals surface area contributed by atoms with Crippen molar-refractivity contribution in [1.29, 1.82) is 5.26 Å². The van der Waals surface area contributed by atoms with Crippen LogP contribution in [0.25, 0.3) is 6.08 Å². The van der Waals surface area contributed by atoms with Gasteiger partial charge in [-0.15, -0.1) is 0 Å². The number of nitriles is 1. The molecule has 0 atom stereocenters. The number of nitrogens with zero attached hydrogens (tertiary/aromatic N) is 2. The number of ether oxygens (including phenoxy) is 1. The Hall–Kier alpha value is -2.71. The molecular weight excluding hydrogens is 294 g/mol. The fourth-order valence-corrected chi connectivity index (χ4v) is 2.80. The number of nitrogens with one attached hydrogen (secondary N) is 1. The molecule has 0 saturated carbocycles. The number of hydrogen-bond acceptors (Lipinski definition) is 5. The van der Waals surface area contributed by atoms with E-state index in [0.717, 1.165) is 22.0 Å². The number of rotatable bonds is 3. The molecule has 1 heterocycles. The van der Waals surface area contributed by atoms with E-state index in [2.05, 4.69) is 16.4 Å². The molecule has 22 heavy (non-hydrogen) atoms. The second-order valence-corrected chi connectivity index (χ2v) is 5.67.